The van der Waals surface area contributed by atoms with E-state index in [1.807, 2.05) is 18.2 Å². The van der Waals surface area contributed by atoms with E-state index < -0.39 is 0 Å². The van der Waals surface area contributed by atoms with Crippen LogP contribution in [0.2, 0.25) is 5.02 Å². The number of nitrogens with zero attached hydrogens (tertiary/aromatic N) is 4. The van der Waals surface area contributed by atoms with Gasteiger partial charge >= 0.3 is 0 Å². The molecule has 1 aliphatic rings. The lowest BCUT2D eigenvalue weighted by atomic mass is 10.1. The molecule has 0 radical (unpaired) electrons. The SMILES string of the molecule is COc1cc(C(C)N2CCN(c3nnc(NC(C)=O)s3)CC2)ccc1Cl. The number of piperazine rings is 1. The van der Waals surface area contributed by atoms with Crippen molar-refractivity contribution >= 4 is 39.1 Å². The zero-order valence-electron chi connectivity index (χ0n) is 15.0. The summed E-state index contributed by atoms with van der Waals surface area (Å²) in [6.45, 7) is 7.22. The molecule has 140 valence electrons. The second kappa shape index (κ2) is 8.20. The van der Waals surface area contributed by atoms with Gasteiger partial charge in [-0.25, -0.2) is 0 Å². The second-order valence-corrected chi connectivity index (χ2v) is 7.53. The number of carbonyl (C=O) groups is 1. The minimum absolute atomic E-state index is 0.135. The maximum Gasteiger partial charge on any atom is 0.223 e. The van der Waals surface area contributed by atoms with Gasteiger partial charge in [-0.05, 0) is 24.6 Å². The zero-order valence-corrected chi connectivity index (χ0v) is 16.6. The molecule has 1 aliphatic heterocycles. The molecule has 1 amide bonds. The molecule has 1 N–H and O–H groups in total. The minimum Gasteiger partial charge on any atom is -0.495 e. The van der Waals surface area contributed by atoms with Crippen molar-refractivity contribution < 1.29 is 9.53 Å². The molecule has 1 unspecified atom stereocenters. The van der Waals surface area contributed by atoms with Crippen LogP contribution >= 0.6 is 22.9 Å². The van der Waals surface area contributed by atoms with Crippen LogP contribution in [0.4, 0.5) is 10.3 Å². The molecule has 7 nitrogen and oxygen atoms in total. The van der Waals surface area contributed by atoms with E-state index in [0.29, 0.717) is 15.9 Å². The van der Waals surface area contributed by atoms with E-state index >= 15 is 0 Å². The first-order valence-electron chi connectivity index (χ1n) is 8.41. The quantitative estimate of drug-likeness (QED) is 0.839. The van der Waals surface area contributed by atoms with Gasteiger partial charge in [0.15, 0.2) is 0 Å². The van der Waals surface area contributed by atoms with Crippen LogP contribution in [0.25, 0.3) is 0 Å². The highest BCUT2D eigenvalue weighted by atomic mass is 35.5. The molecular formula is C17H22ClN5O2S. The number of halogens is 1. The number of ether oxygens (including phenoxy) is 1. The van der Waals surface area contributed by atoms with Gasteiger partial charge in [0.05, 0.1) is 12.1 Å². The Morgan fingerprint density at radius 2 is 2.04 bits per heavy atom. The molecule has 0 bridgehead atoms. The maximum atomic E-state index is 11.1. The molecule has 26 heavy (non-hydrogen) atoms. The number of benzene rings is 1. The predicted molar refractivity (Wildman–Crippen MR) is 104 cm³/mol. The molecule has 0 aliphatic carbocycles. The summed E-state index contributed by atoms with van der Waals surface area (Å²) < 4.78 is 5.33. The topological polar surface area (TPSA) is 70.6 Å². The van der Waals surface area contributed by atoms with Crippen LogP contribution in [0.1, 0.15) is 25.5 Å². The van der Waals surface area contributed by atoms with E-state index in [1.165, 1.54) is 23.8 Å². The Bertz CT molecular complexity index is 776. The van der Waals surface area contributed by atoms with Crippen molar-refractivity contribution in [3.8, 4) is 5.75 Å². The molecule has 0 saturated carbocycles. The Morgan fingerprint density at radius 3 is 2.69 bits per heavy atom. The number of rotatable bonds is 5. The summed E-state index contributed by atoms with van der Waals surface area (Å²) in [4.78, 5) is 15.7. The van der Waals surface area contributed by atoms with Gasteiger partial charge in [0.1, 0.15) is 5.75 Å². The third-order valence-electron chi connectivity index (χ3n) is 4.49. The third-order valence-corrected chi connectivity index (χ3v) is 5.70. The lowest BCUT2D eigenvalue weighted by Gasteiger charge is -2.38. The van der Waals surface area contributed by atoms with Crippen molar-refractivity contribution in [2.45, 2.75) is 19.9 Å². The van der Waals surface area contributed by atoms with Crippen LogP contribution < -0.4 is 15.0 Å². The van der Waals surface area contributed by atoms with Crippen LogP contribution in [0.3, 0.4) is 0 Å². The number of nitrogens with one attached hydrogen (secondary N) is 1. The van der Waals surface area contributed by atoms with Crippen molar-refractivity contribution in [1.82, 2.24) is 15.1 Å². The average Bonchev–Trinajstić information content (AvgIpc) is 3.09. The highest BCUT2D eigenvalue weighted by Gasteiger charge is 2.24. The molecule has 2 aromatic rings. The number of hydrogen-bond donors (Lipinski definition) is 1. The maximum absolute atomic E-state index is 11.1. The monoisotopic (exact) mass is 395 g/mol. The van der Waals surface area contributed by atoms with Gasteiger partial charge in [0, 0.05) is 39.1 Å². The third kappa shape index (κ3) is 4.25. The largest absolute Gasteiger partial charge is 0.495 e. The minimum atomic E-state index is -0.135. The first-order chi connectivity index (χ1) is 12.5. The summed E-state index contributed by atoms with van der Waals surface area (Å²) in [5, 5.41) is 12.9. The first-order valence-corrected chi connectivity index (χ1v) is 9.61. The summed E-state index contributed by atoms with van der Waals surface area (Å²) in [5.41, 5.74) is 1.18. The summed E-state index contributed by atoms with van der Waals surface area (Å²) in [6, 6.07) is 6.20. The Hall–Kier alpha value is -1.90. The normalized spacial score (nSPS) is 16.4. The molecule has 1 atom stereocenters. The van der Waals surface area contributed by atoms with E-state index in [4.69, 9.17) is 16.3 Å². The van der Waals surface area contributed by atoms with Gasteiger partial charge in [-0.15, -0.1) is 10.2 Å². The molecule has 1 saturated heterocycles. The smallest absolute Gasteiger partial charge is 0.223 e. The highest BCUT2D eigenvalue weighted by Crippen LogP contribution is 2.31. The zero-order chi connectivity index (χ0) is 18.7. The van der Waals surface area contributed by atoms with Crippen LogP contribution in [-0.2, 0) is 4.79 Å². The Labute approximate surface area is 161 Å². The average molecular weight is 396 g/mol. The first kappa shape index (κ1) is 18.9. The Balaban J connectivity index is 1.61. The van der Waals surface area contributed by atoms with Crippen LogP contribution in [0.5, 0.6) is 5.75 Å². The van der Waals surface area contributed by atoms with Crippen molar-refractivity contribution in [1.29, 1.82) is 0 Å². The van der Waals surface area contributed by atoms with Crippen LogP contribution in [-0.4, -0.2) is 54.3 Å². The fourth-order valence-electron chi connectivity index (χ4n) is 2.99. The number of anilines is 2. The van der Waals surface area contributed by atoms with Gasteiger partial charge in [0.25, 0.3) is 0 Å². The lowest BCUT2D eigenvalue weighted by molar-refractivity contribution is -0.114. The molecule has 0 spiro atoms. The molecule has 9 heteroatoms. The summed E-state index contributed by atoms with van der Waals surface area (Å²) in [6.07, 6.45) is 0. The van der Waals surface area contributed by atoms with Crippen LogP contribution in [0.15, 0.2) is 18.2 Å². The van der Waals surface area contributed by atoms with E-state index in [0.717, 1.165) is 31.3 Å². The molecule has 1 aromatic carbocycles. The number of carbonyl (C=O) groups excluding carboxylic acids is 1. The Kier molecular flexibility index (Phi) is 5.95. The lowest BCUT2D eigenvalue weighted by Crippen LogP contribution is -2.47. The van der Waals surface area contributed by atoms with E-state index in [1.54, 1.807) is 7.11 Å². The second-order valence-electron chi connectivity index (χ2n) is 6.16. The van der Waals surface area contributed by atoms with Crippen LogP contribution in [0, 0.1) is 0 Å². The van der Waals surface area contributed by atoms with Gasteiger partial charge in [-0.1, -0.05) is 29.0 Å². The molecule has 1 aromatic heterocycles. The molecule has 3 rings (SSSR count). The highest BCUT2D eigenvalue weighted by molar-refractivity contribution is 7.19. The number of hydrogen-bond acceptors (Lipinski definition) is 7. The van der Waals surface area contributed by atoms with Crippen molar-refractivity contribution in [2.24, 2.45) is 0 Å². The molecular weight excluding hydrogens is 374 g/mol. The van der Waals surface area contributed by atoms with Gasteiger partial charge in [0.2, 0.25) is 16.2 Å². The standard InChI is InChI=1S/C17H22ClN5O2S/c1-11(13-4-5-14(18)15(10-13)25-3)22-6-8-23(9-7-22)17-21-20-16(26-17)19-12(2)24/h4-5,10-11H,6-9H2,1-3H3,(H,19,20,24). The fourth-order valence-corrected chi connectivity index (χ4v) is 4.03. The van der Waals surface area contributed by atoms with E-state index in [9.17, 15) is 4.79 Å². The summed E-state index contributed by atoms with van der Waals surface area (Å²) in [7, 11) is 1.63. The molecule has 2 heterocycles. The number of amides is 1. The summed E-state index contributed by atoms with van der Waals surface area (Å²) in [5.74, 6) is 0.568. The predicted octanol–water partition coefficient (Wildman–Crippen LogP) is 3.04. The van der Waals surface area contributed by atoms with Crippen molar-refractivity contribution in [3.63, 3.8) is 0 Å². The van der Waals surface area contributed by atoms with Crippen molar-refractivity contribution in [3.05, 3.63) is 28.8 Å². The summed E-state index contributed by atoms with van der Waals surface area (Å²) >= 11 is 7.53. The van der Waals surface area contributed by atoms with Gasteiger partial charge in [-0.3, -0.25) is 9.69 Å². The molecule has 1 fully saturated rings. The van der Waals surface area contributed by atoms with Gasteiger partial charge < -0.3 is 15.0 Å². The van der Waals surface area contributed by atoms with E-state index in [-0.39, 0.29) is 11.9 Å². The number of aromatic nitrogens is 2. The number of methoxy groups -OCH3 is 1. The van der Waals surface area contributed by atoms with E-state index in [2.05, 4.69) is 32.2 Å². The van der Waals surface area contributed by atoms with Gasteiger partial charge in [-0.2, -0.15) is 0 Å². The fraction of sp³-hybridized carbons (Fsp3) is 0.471. The van der Waals surface area contributed by atoms with Crippen molar-refractivity contribution in [2.75, 3.05) is 43.5 Å². The Morgan fingerprint density at radius 1 is 1.31 bits per heavy atom.